The highest BCUT2D eigenvalue weighted by molar-refractivity contribution is 6.37. The fraction of sp³-hybridized carbons (Fsp3) is 0.121. The summed E-state index contributed by atoms with van der Waals surface area (Å²) in [6, 6.07) is 39.0. The summed E-state index contributed by atoms with van der Waals surface area (Å²) < 4.78 is 0. The smallest absolute Gasteiger partial charge is 0.267 e. The van der Waals surface area contributed by atoms with Crippen molar-refractivity contribution in [3.63, 3.8) is 0 Å². The summed E-state index contributed by atoms with van der Waals surface area (Å²) in [6.45, 7) is 0. The molecule has 4 aromatic carbocycles. The van der Waals surface area contributed by atoms with Crippen LogP contribution in [0.1, 0.15) is 29.0 Å². The van der Waals surface area contributed by atoms with E-state index in [0.29, 0.717) is 11.4 Å². The molecule has 37 heavy (non-hydrogen) atoms. The van der Waals surface area contributed by atoms with E-state index in [1.54, 1.807) is 0 Å². The number of nitrogens with zero attached hydrogens (tertiary/aromatic N) is 2. The van der Waals surface area contributed by atoms with Gasteiger partial charge in [0, 0.05) is 12.3 Å². The van der Waals surface area contributed by atoms with E-state index in [0.717, 1.165) is 16.7 Å². The molecule has 0 N–H and O–H groups in total. The zero-order valence-corrected chi connectivity index (χ0v) is 20.3. The second kappa shape index (κ2) is 9.47. The zero-order chi connectivity index (χ0) is 25.2. The van der Waals surface area contributed by atoms with E-state index in [9.17, 15) is 9.59 Å². The van der Waals surface area contributed by atoms with Crippen molar-refractivity contribution in [1.82, 2.24) is 0 Å². The molecule has 1 fully saturated rings. The Labute approximate surface area is 216 Å². The molecule has 2 aliphatic rings. The first kappa shape index (κ1) is 22.9. The summed E-state index contributed by atoms with van der Waals surface area (Å²) in [4.78, 5) is 28.7. The lowest BCUT2D eigenvalue weighted by molar-refractivity contribution is -0.134. The van der Waals surface area contributed by atoms with Gasteiger partial charge in [0.15, 0.2) is 11.2 Å². The molecule has 1 aliphatic carbocycles. The molecule has 1 heterocycles. The summed E-state index contributed by atoms with van der Waals surface area (Å²) in [5, 5.41) is 6.30. The van der Waals surface area contributed by atoms with Crippen molar-refractivity contribution in [3.8, 4) is 0 Å². The Hall–Kier alpha value is -4.57. The molecule has 4 nitrogen and oxygen atoms in total. The second-order valence-electron chi connectivity index (χ2n) is 9.52. The van der Waals surface area contributed by atoms with Crippen LogP contribution in [0.4, 0.5) is 5.69 Å². The third kappa shape index (κ3) is 3.82. The Kier molecular flexibility index (Phi) is 5.85. The van der Waals surface area contributed by atoms with Crippen LogP contribution in [0.15, 0.2) is 133 Å². The lowest BCUT2D eigenvalue weighted by atomic mass is 9.68. The number of rotatable bonds is 5. The fourth-order valence-corrected chi connectivity index (χ4v) is 5.73. The molecule has 1 amide bonds. The number of amides is 1. The van der Waals surface area contributed by atoms with Gasteiger partial charge in [0.2, 0.25) is 0 Å². The predicted molar refractivity (Wildman–Crippen MR) is 147 cm³/mol. The largest absolute Gasteiger partial charge is 0.298 e. The first-order valence-electron chi connectivity index (χ1n) is 12.5. The first-order valence-corrected chi connectivity index (χ1v) is 12.5. The lowest BCUT2D eigenvalue weighted by Gasteiger charge is -2.30. The molecule has 4 aromatic rings. The molecule has 180 valence electrons. The van der Waals surface area contributed by atoms with Gasteiger partial charge in [-0.3, -0.25) is 9.59 Å². The van der Waals surface area contributed by atoms with E-state index < -0.39 is 11.3 Å². The number of carbonyl (C=O) groups is 2. The maximum absolute atomic E-state index is 14.5. The van der Waals surface area contributed by atoms with Crippen molar-refractivity contribution in [2.24, 2.45) is 16.4 Å². The highest BCUT2D eigenvalue weighted by atomic mass is 16.2. The molecule has 0 bridgehead atoms. The standard InChI is InChI=1S/C33H26N2O2/c36-30-23-28(25-15-7-2-8-16-25)29(22-21-24-13-5-1-6-14-24)33(30)31(26-17-9-3-10-18-26)34-35(32(33)37)27-19-11-4-12-20-27/h1-22,28-29H,23H2/b22-21+. The number of para-hydroxylation sites is 1. The van der Waals surface area contributed by atoms with Crippen LogP contribution < -0.4 is 5.01 Å². The molecular formula is C33H26N2O2. The third-order valence-electron chi connectivity index (χ3n) is 7.45. The average Bonchev–Trinajstić information content (AvgIpc) is 3.44. The van der Waals surface area contributed by atoms with E-state index in [1.165, 1.54) is 5.01 Å². The predicted octanol–water partition coefficient (Wildman–Crippen LogP) is 6.51. The van der Waals surface area contributed by atoms with Crippen LogP contribution in [-0.4, -0.2) is 17.4 Å². The number of allylic oxidation sites excluding steroid dienone is 1. The molecule has 3 unspecified atom stereocenters. The van der Waals surface area contributed by atoms with Crippen LogP contribution in [0.3, 0.4) is 0 Å². The molecule has 4 heteroatoms. The van der Waals surface area contributed by atoms with Crippen LogP contribution in [-0.2, 0) is 9.59 Å². The highest BCUT2D eigenvalue weighted by Gasteiger charge is 2.66. The van der Waals surface area contributed by atoms with Crippen molar-refractivity contribution in [1.29, 1.82) is 0 Å². The van der Waals surface area contributed by atoms with Crippen molar-refractivity contribution in [3.05, 3.63) is 144 Å². The van der Waals surface area contributed by atoms with Gasteiger partial charge in [-0.05, 0) is 34.7 Å². The number of anilines is 1. The molecule has 0 saturated heterocycles. The monoisotopic (exact) mass is 482 g/mol. The molecule has 0 aromatic heterocycles. The highest BCUT2D eigenvalue weighted by Crippen LogP contribution is 2.55. The van der Waals surface area contributed by atoms with Crippen molar-refractivity contribution >= 4 is 29.2 Å². The Morgan fingerprint density at radius 2 is 1.30 bits per heavy atom. The number of hydrogen-bond acceptors (Lipinski definition) is 3. The fourth-order valence-electron chi connectivity index (χ4n) is 5.73. The van der Waals surface area contributed by atoms with Gasteiger partial charge in [-0.1, -0.05) is 121 Å². The minimum Gasteiger partial charge on any atom is -0.298 e. The Bertz CT molecular complexity index is 1480. The van der Waals surface area contributed by atoms with Crippen LogP contribution >= 0.6 is 0 Å². The molecular weight excluding hydrogens is 456 g/mol. The van der Waals surface area contributed by atoms with Crippen molar-refractivity contribution in [2.75, 3.05) is 5.01 Å². The Morgan fingerprint density at radius 1 is 0.730 bits per heavy atom. The van der Waals surface area contributed by atoms with Crippen molar-refractivity contribution in [2.45, 2.75) is 12.3 Å². The zero-order valence-electron chi connectivity index (χ0n) is 20.3. The summed E-state index contributed by atoms with van der Waals surface area (Å²) >= 11 is 0. The quantitative estimate of drug-likeness (QED) is 0.305. The van der Waals surface area contributed by atoms with Crippen LogP contribution in [0.5, 0.6) is 0 Å². The summed E-state index contributed by atoms with van der Waals surface area (Å²) in [6.07, 6.45) is 4.36. The van der Waals surface area contributed by atoms with E-state index in [1.807, 2.05) is 127 Å². The summed E-state index contributed by atoms with van der Waals surface area (Å²) in [7, 11) is 0. The van der Waals surface area contributed by atoms with Gasteiger partial charge < -0.3 is 0 Å². The lowest BCUT2D eigenvalue weighted by Crippen LogP contribution is -2.48. The van der Waals surface area contributed by atoms with Gasteiger partial charge in [-0.2, -0.15) is 10.1 Å². The Morgan fingerprint density at radius 3 is 1.95 bits per heavy atom. The van der Waals surface area contributed by atoms with Gasteiger partial charge >= 0.3 is 0 Å². The van der Waals surface area contributed by atoms with E-state index in [-0.39, 0.29) is 24.0 Å². The maximum atomic E-state index is 14.5. The molecule has 1 aliphatic heterocycles. The summed E-state index contributed by atoms with van der Waals surface area (Å²) in [5.74, 6) is -0.927. The van der Waals surface area contributed by atoms with E-state index in [2.05, 4.69) is 6.08 Å². The Balaban J connectivity index is 1.56. The minimum absolute atomic E-state index is 0.0879. The topological polar surface area (TPSA) is 49.7 Å². The van der Waals surface area contributed by atoms with Crippen LogP contribution in [0, 0.1) is 11.3 Å². The minimum atomic E-state index is -1.41. The normalized spacial score (nSPS) is 23.2. The van der Waals surface area contributed by atoms with E-state index in [4.69, 9.17) is 5.10 Å². The second-order valence-corrected chi connectivity index (χ2v) is 9.52. The number of carbonyl (C=O) groups excluding carboxylic acids is 2. The van der Waals surface area contributed by atoms with Gasteiger partial charge in [-0.15, -0.1) is 0 Å². The van der Waals surface area contributed by atoms with Crippen LogP contribution in [0.25, 0.3) is 6.08 Å². The summed E-state index contributed by atoms with van der Waals surface area (Å²) in [5.41, 5.74) is 2.62. The molecule has 6 rings (SSSR count). The SMILES string of the molecule is O=C1CC(c2ccccc2)C(/C=C/c2ccccc2)C12C(=O)N(c1ccccc1)N=C2c1ccccc1. The molecule has 1 saturated carbocycles. The van der Waals surface area contributed by atoms with E-state index >= 15 is 0 Å². The molecule has 1 spiro atoms. The number of hydrogen-bond donors (Lipinski definition) is 0. The molecule has 3 atom stereocenters. The van der Waals surface area contributed by atoms with Gasteiger partial charge in [0.05, 0.1) is 11.4 Å². The van der Waals surface area contributed by atoms with Gasteiger partial charge in [-0.25, -0.2) is 0 Å². The first-order chi connectivity index (χ1) is 18.2. The van der Waals surface area contributed by atoms with Crippen LogP contribution in [0.2, 0.25) is 0 Å². The molecule has 0 radical (unpaired) electrons. The third-order valence-corrected chi connectivity index (χ3v) is 7.45. The van der Waals surface area contributed by atoms with Crippen molar-refractivity contribution < 1.29 is 9.59 Å². The van der Waals surface area contributed by atoms with Gasteiger partial charge in [0.25, 0.3) is 5.91 Å². The number of hydrazone groups is 1. The number of benzene rings is 4. The maximum Gasteiger partial charge on any atom is 0.267 e. The number of ketones is 1. The average molecular weight is 483 g/mol. The number of Topliss-reactive ketones (excluding diaryl/α,β-unsaturated/α-hetero) is 1. The van der Waals surface area contributed by atoms with Gasteiger partial charge in [0.1, 0.15) is 0 Å².